The van der Waals surface area contributed by atoms with Gasteiger partial charge in [0.05, 0.1) is 5.70 Å². The molecule has 1 radical (unpaired) electrons. The van der Waals surface area contributed by atoms with Gasteiger partial charge in [0.2, 0.25) is 0 Å². The van der Waals surface area contributed by atoms with Gasteiger partial charge < -0.3 is 0 Å². The highest BCUT2D eigenvalue weighted by Gasteiger charge is 2.27. The lowest BCUT2D eigenvalue weighted by molar-refractivity contribution is 0.938. The first-order valence-electron chi connectivity index (χ1n) is 11.7. The van der Waals surface area contributed by atoms with Gasteiger partial charge in [0.15, 0.2) is 7.28 Å². The van der Waals surface area contributed by atoms with Crippen LogP contribution in [-0.2, 0) is 0 Å². The predicted molar refractivity (Wildman–Crippen MR) is 159 cm³/mol. The van der Waals surface area contributed by atoms with Gasteiger partial charge in [-0.2, -0.15) is 10.2 Å². The van der Waals surface area contributed by atoms with Crippen LogP contribution in [0.4, 0.5) is 0 Å². The van der Waals surface area contributed by atoms with E-state index in [1.165, 1.54) is 6.20 Å². The molecule has 1 unspecified atom stereocenters. The van der Waals surface area contributed by atoms with Gasteiger partial charge in [0.1, 0.15) is 0 Å². The molecule has 3 heteroatoms. The molecule has 0 N–H and O–H groups in total. The highest BCUT2D eigenvalue weighted by Crippen LogP contribution is 2.39. The maximum Gasteiger partial charge on any atom is 0.196 e. The van der Waals surface area contributed by atoms with Crippen molar-refractivity contribution in [1.29, 1.82) is 0 Å². The van der Waals surface area contributed by atoms with Gasteiger partial charge in [-0.25, -0.2) is 0 Å². The standard InChI is InChI=1S/C33H34BN2/c1-10-14-29-27(9)32(34-30(15-11-2)31(29)26(8)12-3)33(36-35-13-4)28-21-20-24(6)17-16-23(5)18-19-25(7)22-28/h10-23H,2-4,6-9H2,1,5H3/b14-10-,17-16-,19-18-,21-20?,28-22?,30-15+,33-32+,36-35?. The zero-order valence-electron chi connectivity index (χ0n) is 21.5. The molecule has 0 aromatic rings. The Balaban J connectivity index is 2.93. The average Bonchev–Trinajstić information content (AvgIpc) is 2.88. The van der Waals surface area contributed by atoms with Crippen molar-refractivity contribution in [1.82, 2.24) is 0 Å². The lowest BCUT2D eigenvalue weighted by atomic mass is 9.51. The van der Waals surface area contributed by atoms with Crippen LogP contribution < -0.4 is 0 Å². The van der Waals surface area contributed by atoms with Crippen LogP contribution in [0.2, 0.25) is 0 Å². The maximum atomic E-state index is 4.56. The SMILES string of the molecule is C=C/C=C1/[B]/C(=C(/N=NC=C)C2=CC(=C)/C=C\C(C)/C=C\C(=C)C=C2)C(=C)C(/C=C\C)=C1C(=C)C=C. The van der Waals surface area contributed by atoms with Crippen molar-refractivity contribution in [3.63, 3.8) is 0 Å². The van der Waals surface area contributed by atoms with E-state index in [9.17, 15) is 0 Å². The quantitative estimate of drug-likeness (QED) is 0.202. The maximum absolute atomic E-state index is 4.56. The molecule has 2 aliphatic rings. The van der Waals surface area contributed by atoms with E-state index in [0.29, 0.717) is 5.70 Å². The zero-order chi connectivity index (χ0) is 26.7. The summed E-state index contributed by atoms with van der Waals surface area (Å²) in [6, 6.07) is 0. The van der Waals surface area contributed by atoms with E-state index in [1.807, 2.05) is 62.8 Å². The smallest absolute Gasteiger partial charge is 0.159 e. The minimum Gasteiger partial charge on any atom is -0.159 e. The first-order chi connectivity index (χ1) is 17.3. The Bertz CT molecular complexity index is 1280. The van der Waals surface area contributed by atoms with Crippen molar-refractivity contribution in [3.05, 3.63) is 181 Å². The summed E-state index contributed by atoms with van der Waals surface area (Å²) < 4.78 is 0. The highest BCUT2D eigenvalue weighted by atomic mass is 15.1. The lowest BCUT2D eigenvalue weighted by Crippen LogP contribution is -2.18. The molecule has 0 spiro atoms. The molecule has 0 aromatic carbocycles. The number of nitrogens with zero attached hydrogens (tertiary/aromatic N) is 2. The lowest BCUT2D eigenvalue weighted by Gasteiger charge is -2.27. The van der Waals surface area contributed by atoms with Gasteiger partial charge >= 0.3 is 0 Å². The largest absolute Gasteiger partial charge is 0.196 e. The predicted octanol–water partition coefficient (Wildman–Crippen LogP) is 9.11. The van der Waals surface area contributed by atoms with Crippen LogP contribution in [0.1, 0.15) is 13.8 Å². The fraction of sp³-hybridized carbons (Fsp3) is 0.0909. The van der Waals surface area contributed by atoms with Crippen LogP contribution in [0.3, 0.4) is 0 Å². The molecule has 0 saturated carbocycles. The summed E-state index contributed by atoms with van der Waals surface area (Å²) in [5.41, 5.74) is 8.37. The van der Waals surface area contributed by atoms with E-state index < -0.39 is 0 Å². The Morgan fingerprint density at radius 1 is 1.00 bits per heavy atom. The molecule has 1 aliphatic carbocycles. The van der Waals surface area contributed by atoms with Gasteiger partial charge in [-0.15, -0.1) is 0 Å². The van der Waals surface area contributed by atoms with E-state index in [4.69, 9.17) is 0 Å². The molecule has 1 aliphatic heterocycles. The number of azo groups is 1. The van der Waals surface area contributed by atoms with Gasteiger partial charge in [-0.1, -0.05) is 125 Å². The van der Waals surface area contributed by atoms with Crippen LogP contribution in [0, 0.1) is 5.92 Å². The molecule has 0 bridgehead atoms. The second-order valence-electron chi connectivity index (χ2n) is 8.32. The summed E-state index contributed by atoms with van der Waals surface area (Å²) in [6.45, 7) is 32.7. The number of hydrogen-bond acceptors (Lipinski definition) is 2. The molecule has 0 saturated heterocycles. The van der Waals surface area contributed by atoms with Gasteiger partial charge in [-0.05, 0) is 57.8 Å². The van der Waals surface area contributed by atoms with E-state index >= 15 is 0 Å². The molecule has 0 amide bonds. The third-order valence-corrected chi connectivity index (χ3v) is 5.52. The Kier molecular flexibility index (Phi) is 10.6. The highest BCUT2D eigenvalue weighted by molar-refractivity contribution is 6.58. The van der Waals surface area contributed by atoms with Gasteiger partial charge in [-0.3, -0.25) is 0 Å². The molecular formula is C33H34BN2. The minimum absolute atomic E-state index is 0.253. The molecule has 2 rings (SSSR count). The van der Waals surface area contributed by atoms with Gasteiger partial charge in [0.25, 0.3) is 0 Å². The molecule has 1 heterocycles. The molecule has 179 valence electrons. The molecule has 0 fully saturated rings. The van der Waals surface area contributed by atoms with Crippen LogP contribution in [0.15, 0.2) is 191 Å². The van der Waals surface area contributed by atoms with E-state index in [-0.39, 0.29) is 5.92 Å². The van der Waals surface area contributed by atoms with Crippen LogP contribution in [-0.4, -0.2) is 7.28 Å². The minimum atomic E-state index is 0.253. The summed E-state index contributed by atoms with van der Waals surface area (Å²) in [6.07, 6.45) is 25.0. The van der Waals surface area contributed by atoms with Gasteiger partial charge in [0, 0.05) is 11.8 Å². The Morgan fingerprint density at radius 2 is 1.69 bits per heavy atom. The van der Waals surface area contributed by atoms with E-state index in [2.05, 4.69) is 75.4 Å². The van der Waals surface area contributed by atoms with E-state index in [0.717, 1.165) is 50.0 Å². The third kappa shape index (κ3) is 7.13. The second kappa shape index (κ2) is 13.6. The Hall–Kier alpha value is -4.24. The van der Waals surface area contributed by atoms with E-state index in [1.54, 1.807) is 12.2 Å². The van der Waals surface area contributed by atoms with Crippen LogP contribution in [0.5, 0.6) is 0 Å². The number of hydrogen-bond donors (Lipinski definition) is 0. The summed E-state index contributed by atoms with van der Waals surface area (Å²) in [4.78, 5) is 0. The van der Waals surface area contributed by atoms with Crippen molar-refractivity contribution in [2.75, 3.05) is 0 Å². The molecule has 36 heavy (non-hydrogen) atoms. The average molecular weight is 469 g/mol. The third-order valence-electron chi connectivity index (χ3n) is 5.52. The van der Waals surface area contributed by atoms with Crippen LogP contribution in [0.25, 0.3) is 0 Å². The normalized spacial score (nSPS) is 23.3. The summed E-state index contributed by atoms with van der Waals surface area (Å²) in [5.74, 6) is 0.253. The monoisotopic (exact) mass is 469 g/mol. The summed E-state index contributed by atoms with van der Waals surface area (Å²) in [7, 11) is 2.04. The van der Waals surface area contributed by atoms with Crippen molar-refractivity contribution in [2.45, 2.75) is 13.8 Å². The van der Waals surface area contributed by atoms with Crippen molar-refractivity contribution >= 4 is 7.28 Å². The molecule has 2 nitrogen and oxygen atoms in total. The molecule has 0 aromatic heterocycles. The second-order valence-corrected chi connectivity index (χ2v) is 8.32. The Labute approximate surface area is 217 Å². The van der Waals surface area contributed by atoms with Crippen molar-refractivity contribution < 1.29 is 0 Å². The first kappa shape index (κ1) is 28.0. The molecular weight excluding hydrogens is 435 g/mol. The molecule has 1 atom stereocenters. The van der Waals surface area contributed by atoms with Crippen molar-refractivity contribution in [3.8, 4) is 0 Å². The summed E-state index contributed by atoms with van der Waals surface area (Å²) in [5, 5.41) is 8.71. The van der Waals surface area contributed by atoms with Crippen LogP contribution >= 0.6 is 0 Å². The summed E-state index contributed by atoms with van der Waals surface area (Å²) >= 11 is 0. The van der Waals surface area contributed by atoms with Crippen molar-refractivity contribution in [2.24, 2.45) is 16.1 Å². The Morgan fingerprint density at radius 3 is 2.31 bits per heavy atom. The topological polar surface area (TPSA) is 24.7 Å². The fourth-order valence-corrected chi connectivity index (χ4v) is 3.72. The number of allylic oxidation sites excluding steroid dienone is 20. The zero-order valence-corrected chi connectivity index (χ0v) is 21.5. The number of rotatable bonds is 7. The first-order valence-corrected chi connectivity index (χ1v) is 11.7. The fourth-order valence-electron chi connectivity index (χ4n) is 3.72.